The lowest BCUT2D eigenvalue weighted by Crippen LogP contribution is -2.44. The van der Waals surface area contributed by atoms with Crippen molar-refractivity contribution >= 4 is 5.91 Å². The van der Waals surface area contributed by atoms with E-state index in [9.17, 15) is 9.90 Å². The number of unbranched alkanes of at least 4 members (excludes halogenated alkanes) is 7. The first kappa shape index (κ1) is 18.4. The van der Waals surface area contributed by atoms with E-state index in [1.54, 1.807) is 0 Å². The van der Waals surface area contributed by atoms with Crippen molar-refractivity contribution in [1.82, 2.24) is 5.32 Å². The predicted octanol–water partition coefficient (Wildman–Crippen LogP) is 2.38. The first-order chi connectivity index (χ1) is 9.11. The normalized spacial score (nSPS) is 14.1. The molecule has 0 heterocycles. The number of carbonyl (C=O) groups is 1. The predicted molar refractivity (Wildman–Crippen MR) is 77.9 cm³/mol. The lowest BCUT2D eigenvalue weighted by Gasteiger charge is -2.21. The molecule has 0 aromatic rings. The number of carbonyl (C=O) groups excluding carboxylic acids is 1. The average molecular weight is 273 g/mol. The van der Waals surface area contributed by atoms with E-state index >= 15 is 0 Å². The number of rotatable bonds is 12. The van der Waals surface area contributed by atoms with Crippen molar-refractivity contribution in [1.29, 1.82) is 0 Å². The highest BCUT2D eigenvalue weighted by molar-refractivity contribution is 5.73. The number of nitrogens with one attached hydrogen (secondary N) is 1. The Morgan fingerprint density at radius 3 is 2.05 bits per heavy atom. The molecule has 0 aliphatic heterocycles. The van der Waals surface area contributed by atoms with Crippen molar-refractivity contribution in [3.63, 3.8) is 0 Å². The number of hydrogen-bond donors (Lipinski definition) is 3. The molecule has 114 valence electrons. The molecule has 0 saturated heterocycles. The van der Waals surface area contributed by atoms with Gasteiger partial charge in [0.1, 0.15) is 0 Å². The molecule has 0 spiro atoms. The second-order valence-electron chi connectivity index (χ2n) is 5.32. The molecule has 2 unspecified atom stereocenters. The molecule has 0 aliphatic carbocycles. The molecule has 0 bridgehead atoms. The van der Waals surface area contributed by atoms with Gasteiger partial charge in [-0.3, -0.25) is 4.79 Å². The van der Waals surface area contributed by atoms with E-state index in [-0.39, 0.29) is 12.5 Å². The number of hydrogen-bond acceptors (Lipinski definition) is 3. The average Bonchev–Trinajstić information content (AvgIpc) is 2.38. The summed E-state index contributed by atoms with van der Waals surface area (Å²) in [7, 11) is 0. The second kappa shape index (κ2) is 12.4. The highest BCUT2D eigenvalue weighted by Crippen LogP contribution is 2.11. The van der Waals surface area contributed by atoms with Crippen LogP contribution in [0.2, 0.25) is 0 Å². The fourth-order valence-electron chi connectivity index (χ4n) is 2.21. The molecule has 1 amide bonds. The molecule has 3 N–H and O–H groups in total. The lowest BCUT2D eigenvalue weighted by atomic mass is 10.0. The number of aliphatic hydroxyl groups is 2. The molecule has 4 nitrogen and oxygen atoms in total. The van der Waals surface area contributed by atoms with E-state index in [0.29, 0.717) is 6.42 Å². The van der Waals surface area contributed by atoms with Crippen molar-refractivity contribution in [3.05, 3.63) is 0 Å². The molecule has 19 heavy (non-hydrogen) atoms. The third-order valence-electron chi connectivity index (χ3n) is 3.40. The summed E-state index contributed by atoms with van der Waals surface area (Å²) in [6, 6.07) is -0.526. The first-order valence-electron chi connectivity index (χ1n) is 7.67. The van der Waals surface area contributed by atoms with Crippen LogP contribution in [0.3, 0.4) is 0 Å². The van der Waals surface area contributed by atoms with E-state index in [4.69, 9.17) is 5.11 Å². The van der Waals surface area contributed by atoms with Crippen molar-refractivity contribution in [2.45, 2.75) is 83.8 Å². The van der Waals surface area contributed by atoms with E-state index < -0.39 is 12.1 Å². The molecular formula is C15H31NO3. The topological polar surface area (TPSA) is 69.6 Å². The molecule has 4 heteroatoms. The van der Waals surface area contributed by atoms with E-state index in [2.05, 4.69) is 12.2 Å². The van der Waals surface area contributed by atoms with Gasteiger partial charge in [0.25, 0.3) is 0 Å². The Balaban J connectivity index is 3.50. The van der Waals surface area contributed by atoms with Crippen LogP contribution in [0.25, 0.3) is 0 Å². The number of aliphatic hydroxyl groups excluding tert-OH is 2. The van der Waals surface area contributed by atoms with E-state index in [1.807, 2.05) is 0 Å². The molecule has 0 radical (unpaired) electrons. The van der Waals surface area contributed by atoms with Gasteiger partial charge in [-0.05, 0) is 6.42 Å². The molecule has 0 aliphatic rings. The SMILES string of the molecule is CCCCCCCCCCC(O)C(CO)NC(C)=O. The Morgan fingerprint density at radius 1 is 1.05 bits per heavy atom. The van der Waals surface area contributed by atoms with Crippen LogP contribution < -0.4 is 5.32 Å². The van der Waals surface area contributed by atoms with Gasteiger partial charge >= 0.3 is 0 Å². The highest BCUT2D eigenvalue weighted by Gasteiger charge is 2.18. The van der Waals surface area contributed by atoms with Gasteiger partial charge in [-0.1, -0.05) is 58.3 Å². The lowest BCUT2D eigenvalue weighted by molar-refractivity contribution is -0.121. The van der Waals surface area contributed by atoms with E-state index in [1.165, 1.54) is 45.4 Å². The largest absolute Gasteiger partial charge is 0.394 e. The summed E-state index contributed by atoms with van der Waals surface area (Å²) in [6.45, 7) is 3.40. The van der Waals surface area contributed by atoms with Crippen LogP contribution in [0.4, 0.5) is 0 Å². The van der Waals surface area contributed by atoms with Gasteiger partial charge in [0.2, 0.25) is 5.91 Å². The van der Waals surface area contributed by atoms with Crippen molar-refractivity contribution in [2.24, 2.45) is 0 Å². The molecule has 0 aromatic carbocycles. The minimum atomic E-state index is -0.644. The van der Waals surface area contributed by atoms with Gasteiger partial charge in [0.15, 0.2) is 0 Å². The van der Waals surface area contributed by atoms with Crippen molar-refractivity contribution < 1.29 is 15.0 Å². The van der Waals surface area contributed by atoms with Gasteiger partial charge in [-0.25, -0.2) is 0 Å². The molecular weight excluding hydrogens is 242 g/mol. The summed E-state index contributed by atoms with van der Waals surface area (Å²) in [5.41, 5.74) is 0. The number of amides is 1. The fourth-order valence-corrected chi connectivity index (χ4v) is 2.21. The molecule has 0 rings (SSSR count). The minimum absolute atomic E-state index is 0.211. The maximum atomic E-state index is 10.9. The van der Waals surface area contributed by atoms with Gasteiger partial charge in [-0.15, -0.1) is 0 Å². The standard InChI is InChI=1S/C15H31NO3/c1-3-4-5-6-7-8-9-10-11-15(19)14(12-17)16-13(2)18/h14-15,17,19H,3-12H2,1-2H3,(H,16,18). The highest BCUT2D eigenvalue weighted by atomic mass is 16.3. The van der Waals surface area contributed by atoms with Gasteiger partial charge in [-0.2, -0.15) is 0 Å². The van der Waals surface area contributed by atoms with Gasteiger partial charge < -0.3 is 15.5 Å². The first-order valence-corrected chi connectivity index (χ1v) is 7.67. The third-order valence-corrected chi connectivity index (χ3v) is 3.40. The van der Waals surface area contributed by atoms with Crippen LogP contribution in [-0.4, -0.2) is 34.9 Å². The summed E-state index contributed by atoms with van der Waals surface area (Å²) in [6.07, 6.45) is 9.77. The monoisotopic (exact) mass is 273 g/mol. The van der Waals surface area contributed by atoms with Crippen LogP contribution >= 0.6 is 0 Å². The van der Waals surface area contributed by atoms with Crippen LogP contribution in [-0.2, 0) is 4.79 Å². The van der Waals surface area contributed by atoms with Crippen molar-refractivity contribution in [2.75, 3.05) is 6.61 Å². The van der Waals surface area contributed by atoms with Crippen LogP contribution in [0.15, 0.2) is 0 Å². The van der Waals surface area contributed by atoms with Crippen molar-refractivity contribution in [3.8, 4) is 0 Å². The van der Waals surface area contributed by atoms with Gasteiger partial charge in [0, 0.05) is 6.92 Å². The minimum Gasteiger partial charge on any atom is -0.394 e. The summed E-state index contributed by atoms with van der Waals surface area (Å²) in [5.74, 6) is -0.214. The Kier molecular flexibility index (Phi) is 12.0. The maximum absolute atomic E-state index is 10.9. The van der Waals surface area contributed by atoms with Crippen LogP contribution in [0, 0.1) is 0 Å². The van der Waals surface area contributed by atoms with Crippen LogP contribution in [0.5, 0.6) is 0 Å². The Morgan fingerprint density at radius 2 is 1.58 bits per heavy atom. The van der Waals surface area contributed by atoms with Crippen LogP contribution in [0.1, 0.15) is 71.6 Å². The Hall–Kier alpha value is -0.610. The Labute approximate surface area is 117 Å². The maximum Gasteiger partial charge on any atom is 0.217 e. The zero-order valence-electron chi connectivity index (χ0n) is 12.5. The Bertz CT molecular complexity index is 221. The zero-order chi connectivity index (χ0) is 14.5. The summed E-state index contributed by atoms with van der Waals surface area (Å²) in [5, 5.41) is 21.5. The fraction of sp³-hybridized carbons (Fsp3) is 0.933. The smallest absolute Gasteiger partial charge is 0.217 e. The molecule has 2 atom stereocenters. The van der Waals surface area contributed by atoms with E-state index in [0.717, 1.165) is 12.8 Å². The zero-order valence-corrected chi connectivity index (χ0v) is 12.5. The second-order valence-corrected chi connectivity index (χ2v) is 5.32. The summed E-state index contributed by atoms with van der Waals surface area (Å²) in [4.78, 5) is 10.9. The third kappa shape index (κ3) is 11.0. The summed E-state index contributed by atoms with van der Waals surface area (Å²) < 4.78 is 0. The molecule has 0 aromatic heterocycles. The quantitative estimate of drug-likeness (QED) is 0.478. The molecule has 0 saturated carbocycles. The molecule has 0 fully saturated rings. The van der Waals surface area contributed by atoms with Gasteiger partial charge in [0.05, 0.1) is 18.8 Å². The summed E-state index contributed by atoms with van der Waals surface area (Å²) >= 11 is 0.